The van der Waals surface area contributed by atoms with E-state index in [2.05, 4.69) is 15.0 Å². The molecule has 2 aromatic rings. The Balaban J connectivity index is 1.41. The van der Waals surface area contributed by atoms with Gasteiger partial charge in [0.2, 0.25) is 20.0 Å². The highest BCUT2D eigenvalue weighted by Crippen LogP contribution is 2.34. The van der Waals surface area contributed by atoms with Crippen molar-refractivity contribution in [2.75, 3.05) is 38.7 Å². The number of halogens is 3. The van der Waals surface area contributed by atoms with Gasteiger partial charge >= 0.3 is 6.18 Å². The Morgan fingerprint density at radius 2 is 1.64 bits per heavy atom. The summed E-state index contributed by atoms with van der Waals surface area (Å²) in [6.07, 6.45) is -4.44. The molecule has 242 valence electrons. The lowest BCUT2D eigenvalue weighted by Crippen LogP contribution is -2.56. The third-order valence-electron chi connectivity index (χ3n) is 7.90. The van der Waals surface area contributed by atoms with E-state index in [0.717, 1.165) is 12.1 Å². The van der Waals surface area contributed by atoms with E-state index in [4.69, 9.17) is 0 Å². The molecule has 2 aliphatic rings. The number of aliphatic hydroxyl groups is 3. The number of amidine groups is 1. The van der Waals surface area contributed by atoms with Crippen LogP contribution in [0.2, 0.25) is 0 Å². The number of aryl methyl sites for hydroxylation is 2. The summed E-state index contributed by atoms with van der Waals surface area (Å²) in [6, 6.07) is 8.44. The summed E-state index contributed by atoms with van der Waals surface area (Å²) in [6.45, 7) is -1.00. The minimum Gasteiger partial charge on any atom is -0.394 e. The molecule has 1 spiro atoms. The molecule has 2 heterocycles. The number of benzene rings is 2. The first-order valence-corrected chi connectivity index (χ1v) is 16.6. The average molecular weight is 663 g/mol. The molecule has 12 nitrogen and oxygen atoms in total. The highest BCUT2D eigenvalue weighted by Gasteiger charge is 2.47. The molecular formula is C27H33F3N4O8S2. The lowest BCUT2D eigenvalue weighted by Gasteiger charge is -2.34. The van der Waals surface area contributed by atoms with Gasteiger partial charge in [-0.2, -0.15) is 17.9 Å². The van der Waals surface area contributed by atoms with E-state index in [0.29, 0.717) is 11.1 Å². The summed E-state index contributed by atoms with van der Waals surface area (Å²) in [5, 5.41) is 30.9. The predicted molar refractivity (Wildman–Crippen MR) is 153 cm³/mol. The van der Waals surface area contributed by atoms with Crippen molar-refractivity contribution in [3.8, 4) is 0 Å². The quantitative estimate of drug-likeness (QED) is 0.227. The highest BCUT2D eigenvalue weighted by atomic mass is 32.2. The molecule has 0 radical (unpaired) electrons. The fourth-order valence-electron chi connectivity index (χ4n) is 5.04. The normalized spacial score (nSPS) is 18.0. The SMILES string of the molecule is Cc1cc(S(=O)(=O)NC(CO)(CO)CO)ccc1CCS(=O)(=O)N1CCC2(CC1)N=C(c1cccc(C(F)(F)F)c1)NC2=O. The van der Waals surface area contributed by atoms with Gasteiger partial charge in [-0.1, -0.05) is 18.2 Å². The van der Waals surface area contributed by atoms with Gasteiger partial charge in [0.25, 0.3) is 5.91 Å². The van der Waals surface area contributed by atoms with E-state index in [1.54, 1.807) is 6.92 Å². The molecule has 2 aromatic carbocycles. The highest BCUT2D eigenvalue weighted by molar-refractivity contribution is 7.89. The molecular weight excluding hydrogens is 629 g/mol. The van der Waals surface area contributed by atoms with Gasteiger partial charge in [-0.3, -0.25) is 9.79 Å². The third kappa shape index (κ3) is 6.98. The first kappa shape index (κ1) is 34.0. The minimum atomic E-state index is -4.57. The molecule has 0 bridgehead atoms. The van der Waals surface area contributed by atoms with Gasteiger partial charge in [0.15, 0.2) is 0 Å². The number of amides is 1. The van der Waals surface area contributed by atoms with Crippen molar-refractivity contribution < 1.29 is 50.1 Å². The molecule has 1 amide bonds. The Labute approximate surface area is 252 Å². The minimum absolute atomic E-state index is 0.00307. The summed E-state index contributed by atoms with van der Waals surface area (Å²) >= 11 is 0. The van der Waals surface area contributed by atoms with Crippen molar-refractivity contribution in [1.29, 1.82) is 0 Å². The van der Waals surface area contributed by atoms with Gasteiger partial charge in [-0.15, -0.1) is 0 Å². The molecule has 44 heavy (non-hydrogen) atoms. The molecule has 0 atom stereocenters. The zero-order valence-corrected chi connectivity index (χ0v) is 25.3. The van der Waals surface area contributed by atoms with Crippen molar-refractivity contribution in [2.45, 2.75) is 48.3 Å². The number of sulfonamides is 2. The summed E-state index contributed by atoms with van der Waals surface area (Å²) in [4.78, 5) is 17.1. The van der Waals surface area contributed by atoms with E-state index in [-0.39, 0.29) is 54.4 Å². The van der Waals surface area contributed by atoms with E-state index in [9.17, 15) is 50.1 Å². The van der Waals surface area contributed by atoms with Gasteiger partial charge in [0.1, 0.15) is 16.9 Å². The van der Waals surface area contributed by atoms with Crippen LogP contribution in [0.3, 0.4) is 0 Å². The van der Waals surface area contributed by atoms with E-state index >= 15 is 0 Å². The van der Waals surface area contributed by atoms with E-state index < -0.39 is 68.6 Å². The standard InChI is InChI=1S/C27H33F3N4O8S2/c1-18-13-22(44(41,42)33-25(15-35,16-36)17-37)6-5-19(18)7-12-43(39,40)34-10-8-26(9-11-34)24(38)31-23(32-26)20-3-2-4-21(14-20)27(28,29)30/h2-6,13-14,33,35-37H,7-12,15-17H2,1H3,(H,31,32,38). The Morgan fingerprint density at radius 1 is 1.00 bits per heavy atom. The van der Waals surface area contributed by atoms with E-state index in [1.807, 2.05) is 0 Å². The fraction of sp³-hybridized carbons (Fsp3) is 0.481. The van der Waals surface area contributed by atoms with Crippen molar-refractivity contribution in [3.05, 3.63) is 64.7 Å². The number of piperidine rings is 1. The van der Waals surface area contributed by atoms with Crippen LogP contribution in [0.5, 0.6) is 0 Å². The molecule has 0 saturated carbocycles. The third-order valence-corrected chi connectivity index (χ3v) is 11.3. The summed E-state index contributed by atoms with van der Waals surface area (Å²) in [5.41, 5.74) is -2.91. The largest absolute Gasteiger partial charge is 0.416 e. The van der Waals surface area contributed by atoms with Crippen LogP contribution in [-0.4, -0.2) is 97.9 Å². The van der Waals surface area contributed by atoms with Crippen LogP contribution in [0.1, 0.15) is 35.1 Å². The topological polar surface area (TPSA) is 186 Å². The lowest BCUT2D eigenvalue weighted by molar-refractivity contribution is -0.137. The smallest absolute Gasteiger partial charge is 0.394 e. The lowest BCUT2D eigenvalue weighted by atomic mass is 9.89. The first-order chi connectivity index (χ1) is 20.5. The molecule has 0 aliphatic carbocycles. The molecule has 4 rings (SSSR count). The first-order valence-electron chi connectivity index (χ1n) is 13.5. The molecule has 2 aliphatic heterocycles. The second kappa shape index (κ2) is 12.5. The molecule has 1 saturated heterocycles. The number of carbonyl (C=O) groups excluding carboxylic acids is 1. The van der Waals surface area contributed by atoms with Gasteiger partial charge < -0.3 is 20.6 Å². The predicted octanol–water partition coefficient (Wildman–Crippen LogP) is 0.291. The number of rotatable bonds is 11. The van der Waals surface area contributed by atoms with Crippen molar-refractivity contribution in [3.63, 3.8) is 0 Å². The van der Waals surface area contributed by atoms with Gasteiger partial charge in [-0.05, 0) is 61.6 Å². The average Bonchev–Trinajstić information content (AvgIpc) is 3.30. The van der Waals surface area contributed by atoms with Crippen LogP contribution >= 0.6 is 0 Å². The van der Waals surface area contributed by atoms with E-state index in [1.165, 1.54) is 34.6 Å². The van der Waals surface area contributed by atoms with Crippen LogP contribution in [-0.2, 0) is 37.4 Å². The van der Waals surface area contributed by atoms with Crippen molar-refractivity contribution in [1.82, 2.24) is 14.3 Å². The van der Waals surface area contributed by atoms with Gasteiger partial charge in [0, 0.05) is 18.7 Å². The Morgan fingerprint density at radius 3 is 2.20 bits per heavy atom. The summed E-state index contributed by atoms with van der Waals surface area (Å²) in [7, 11) is -8.06. The van der Waals surface area contributed by atoms with Crippen LogP contribution in [0.4, 0.5) is 13.2 Å². The maximum absolute atomic E-state index is 13.2. The van der Waals surface area contributed by atoms with Crippen LogP contribution < -0.4 is 10.0 Å². The molecule has 5 N–H and O–H groups in total. The Bertz CT molecular complexity index is 1640. The Kier molecular flexibility index (Phi) is 9.61. The number of nitrogens with one attached hydrogen (secondary N) is 2. The maximum Gasteiger partial charge on any atom is 0.416 e. The van der Waals surface area contributed by atoms with Crippen LogP contribution in [0, 0.1) is 6.92 Å². The van der Waals surface area contributed by atoms with Crippen LogP contribution in [0.25, 0.3) is 0 Å². The number of aliphatic hydroxyl groups excluding tert-OH is 3. The number of nitrogens with zero attached hydrogens (tertiary/aromatic N) is 2. The number of carbonyl (C=O) groups is 1. The fourth-order valence-corrected chi connectivity index (χ4v) is 7.98. The van der Waals surface area contributed by atoms with Gasteiger partial charge in [-0.25, -0.2) is 21.1 Å². The van der Waals surface area contributed by atoms with Gasteiger partial charge in [0.05, 0.1) is 36.0 Å². The van der Waals surface area contributed by atoms with Crippen molar-refractivity contribution in [2.24, 2.45) is 4.99 Å². The molecule has 17 heteroatoms. The monoisotopic (exact) mass is 662 g/mol. The molecule has 0 aromatic heterocycles. The van der Waals surface area contributed by atoms with Crippen LogP contribution in [0.15, 0.2) is 52.4 Å². The van der Waals surface area contributed by atoms with Crippen molar-refractivity contribution >= 4 is 31.8 Å². The zero-order valence-electron chi connectivity index (χ0n) is 23.6. The maximum atomic E-state index is 13.2. The number of alkyl halides is 3. The number of aliphatic imine (C=N–C) groups is 1. The number of hydrogen-bond acceptors (Lipinski definition) is 9. The zero-order chi connectivity index (χ0) is 32.6. The second-order valence-electron chi connectivity index (χ2n) is 10.9. The molecule has 0 unspecified atom stereocenters. The Hall–Kier alpha value is -2.93. The number of hydrogen-bond donors (Lipinski definition) is 5. The summed E-state index contributed by atoms with van der Waals surface area (Å²) < 4.78 is 94.6. The second-order valence-corrected chi connectivity index (χ2v) is 14.7. The summed E-state index contributed by atoms with van der Waals surface area (Å²) in [5.74, 6) is -0.807. The molecule has 1 fully saturated rings.